The third-order valence-electron chi connectivity index (χ3n) is 2.34. The summed E-state index contributed by atoms with van der Waals surface area (Å²) in [7, 11) is 1.05. The molecule has 1 fully saturated rings. The number of halogens is 2. The fourth-order valence-corrected chi connectivity index (χ4v) is 2.48. The van der Waals surface area contributed by atoms with Gasteiger partial charge in [0.05, 0.1) is 6.54 Å². The first-order valence-corrected chi connectivity index (χ1v) is 7.48. The van der Waals surface area contributed by atoms with E-state index in [-0.39, 0.29) is 18.9 Å². The lowest BCUT2D eigenvalue weighted by atomic mass is 10.3. The van der Waals surface area contributed by atoms with Crippen LogP contribution < -0.4 is 10.1 Å². The van der Waals surface area contributed by atoms with Crippen molar-refractivity contribution < 1.29 is 27.1 Å². The Balaban J connectivity index is 2.14. The normalized spacial score (nSPS) is 18.8. The molecule has 104 valence electrons. The molecule has 2 rings (SSSR count). The van der Waals surface area contributed by atoms with Crippen LogP contribution in [-0.2, 0) is 13.8 Å². The topological polar surface area (TPSA) is 81.7 Å². The van der Waals surface area contributed by atoms with Gasteiger partial charge in [0.2, 0.25) is 0 Å². The van der Waals surface area contributed by atoms with Crippen molar-refractivity contribution in [3.8, 4) is 5.75 Å². The van der Waals surface area contributed by atoms with Gasteiger partial charge in [-0.15, -0.1) is 0 Å². The maximum Gasteiger partial charge on any atom is 0.407 e. The molecule has 0 bridgehead atoms. The summed E-state index contributed by atoms with van der Waals surface area (Å²) in [5.74, 6) is -0.847. The molecule has 1 aromatic carbocycles. The van der Waals surface area contributed by atoms with Crippen LogP contribution in [0.4, 0.5) is 9.18 Å². The van der Waals surface area contributed by atoms with Gasteiger partial charge in [0, 0.05) is 10.7 Å². The third kappa shape index (κ3) is 3.48. The summed E-state index contributed by atoms with van der Waals surface area (Å²) < 4.78 is 45.6. The molecule has 1 amide bonds. The molecule has 1 aliphatic heterocycles. The Morgan fingerprint density at radius 1 is 1.53 bits per heavy atom. The van der Waals surface area contributed by atoms with Crippen LogP contribution in [-0.4, -0.2) is 33.8 Å². The summed E-state index contributed by atoms with van der Waals surface area (Å²) >= 11 is 0. The minimum Gasteiger partial charge on any atom is -0.488 e. The lowest BCUT2D eigenvalue weighted by Gasteiger charge is -2.12. The van der Waals surface area contributed by atoms with Gasteiger partial charge in [-0.1, -0.05) is 0 Å². The zero-order valence-electron chi connectivity index (χ0n) is 9.43. The summed E-state index contributed by atoms with van der Waals surface area (Å²) in [6, 6.07) is 2.95. The molecule has 1 aromatic rings. The van der Waals surface area contributed by atoms with Crippen molar-refractivity contribution in [2.45, 2.75) is 11.0 Å². The highest BCUT2D eigenvalue weighted by molar-refractivity contribution is 8.13. The van der Waals surface area contributed by atoms with Crippen molar-refractivity contribution in [3.63, 3.8) is 0 Å². The van der Waals surface area contributed by atoms with Crippen molar-refractivity contribution in [1.82, 2.24) is 5.32 Å². The van der Waals surface area contributed by atoms with E-state index in [2.05, 4.69) is 5.32 Å². The Morgan fingerprint density at radius 3 is 2.84 bits per heavy atom. The largest absolute Gasteiger partial charge is 0.488 e. The lowest BCUT2D eigenvalue weighted by Crippen LogP contribution is -2.22. The number of benzene rings is 1. The first-order chi connectivity index (χ1) is 8.86. The fraction of sp³-hybridized carbons (Fsp3) is 0.300. The zero-order chi connectivity index (χ0) is 14.0. The van der Waals surface area contributed by atoms with Gasteiger partial charge in [-0.05, 0) is 18.2 Å². The minimum atomic E-state index is -4.13. The van der Waals surface area contributed by atoms with E-state index in [1.807, 2.05) is 0 Å². The molecular formula is C10H9ClFNO5S. The second-order valence-electron chi connectivity index (χ2n) is 3.75. The lowest BCUT2D eigenvalue weighted by molar-refractivity contribution is 0.103. The van der Waals surface area contributed by atoms with Gasteiger partial charge in [0.25, 0.3) is 9.05 Å². The Kier molecular flexibility index (Phi) is 3.81. The highest BCUT2D eigenvalue weighted by Crippen LogP contribution is 2.28. The number of ether oxygens (including phenoxy) is 2. The molecule has 1 saturated heterocycles. The van der Waals surface area contributed by atoms with Gasteiger partial charge in [0.1, 0.15) is 23.1 Å². The van der Waals surface area contributed by atoms with Gasteiger partial charge in [0.15, 0.2) is 6.10 Å². The van der Waals surface area contributed by atoms with E-state index in [9.17, 15) is 17.6 Å². The van der Waals surface area contributed by atoms with Crippen molar-refractivity contribution in [3.05, 3.63) is 24.0 Å². The molecule has 9 heteroatoms. The smallest absolute Gasteiger partial charge is 0.407 e. The molecule has 0 radical (unpaired) electrons. The van der Waals surface area contributed by atoms with Crippen molar-refractivity contribution in [2.75, 3.05) is 13.2 Å². The number of carbonyl (C=O) groups is 1. The Bertz CT molecular complexity index is 606. The Hall–Kier alpha value is -1.54. The van der Waals surface area contributed by atoms with E-state index in [1.165, 1.54) is 0 Å². The molecular weight excluding hydrogens is 301 g/mol. The summed E-state index contributed by atoms with van der Waals surface area (Å²) in [5.41, 5.74) is 0. The molecule has 0 spiro atoms. The third-order valence-corrected chi connectivity index (χ3v) is 3.68. The molecule has 0 saturated carbocycles. The van der Waals surface area contributed by atoms with E-state index < -0.39 is 32.0 Å². The van der Waals surface area contributed by atoms with Crippen LogP contribution in [0, 0.1) is 5.82 Å². The van der Waals surface area contributed by atoms with E-state index in [0.717, 1.165) is 18.2 Å². The van der Waals surface area contributed by atoms with Crippen molar-refractivity contribution in [2.24, 2.45) is 0 Å². The van der Waals surface area contributed by atoms with E-state index in [0.29, 0.717) is 0 Å². The number of rotatable bonds is 4. The second-order valence-corrected chi connectivity index (χ2v) is 6.28. The standard InChI is InChI=1S/C10H9ClFNO5S/c11-19(15,16)9-3-6(12)1-2-8(9)17-5-7-4-13-10(14)18-7/h1-3,7H,4-5H2,(H,13,14). The molecule has 1 atom stereocenters. The van der Waals surface area contributed by atoms with Crippen molar-refractivity contribution >= 4 is 25.8 Å². The minimum absolute atomic E-state index is 0.0657. The van der Waals surface area contributed by atoms with E-state index in [1.54, 1.807) is 0 Å². The summed E-state index contributed by atoms with van der Waals surface area (Å²) in [6.45, 7) is 0.187. The number of amides is 1. The molecule has 19 heavy (non-hydrogen) atoms. The van der Waals surface area contributed by atoms with Crippen LogP contribution >= 0.6 is 10.7 Å². The molecule has 1 aliphatic rings. The molecule has 1 N–H and O–H groups in total. The maximum atomic E-state index is 13.0. The highest BCUT2D eigenvalue weighted by Gasteiger charge is 2.24. The second kappa shape index (κ2) is 5.22. The van der Waals surface area contributed by atoms with E-state index >= 15 is 0 Å². The predicted molar refractivity (Wildman–Crippen MR) is 63.2 cm³/mol. The van der Waals surface area contributed by atoms with Gasteiger partial charge in [-0.2, -0.15) is 0 Å². The van der Waals surface area contributed by atoms with Crippen LogP contribution in [0.2, 0.25) is 0 Å². The Labute approximate surface area is 112 Å². The SMILES string of the molecule is O=C1NCC(COc2ccc(F)cc2S(=O)(=O)Cl)O1. The summed E-state index contributed by atoms with van der Waals surface area (Å²) in [6.07, 6.45) is -1.11. The summed E-state index contributed by atoms with van der Waals surface area (Å²) in [4.78, 5) is 10.3. The van der Waals surface area contributed by atoms with Gasteiger partial charge >= 0.3 is 6.09 Å². The van der Waals surface area contributed by atoms with Crippen LogP contribution in [0.25, 0.3) is 0 Å². The summed E-state index contributed by atoms with van der Waals surface area (Å²) in [5, 5.41) is 2.41. The van der Waals surface area contributed by atoms with Crippen LogP contribution in [0.1, 0.15) is 0 Å². The zero-order valence-corrected chi connectivity index (χ0v) is 11.0. The van der Waals surface area contributed by atoms with Gasteiger partial charge in [-0.3, -0.25) is 0 Å². The molecule has 6 nitrogen and oxygen atoms in total. The molecule has 1 unspecified atom stereocenters. The number of cyclic esters (lactones) is 1. The average molecular weight is 310 g/mol. The highest BCUT2D eigenvalue weighted by atomic mass is 35.7. The first kappa shape index (κ1) is 13.9. The molecule has 0 aromatic heterocycles. The molecule has 1 heterocycles. The average Bonchev–Trinajstić information content (AvgIpc) is 2.72. The maximum absolute atomic E-state index is 13.0. The number of hydrogen-bond acceptors (Lipinski definition) is 5. The number of nitrogens with one attached hydrogen (secondary N) is 1. The van der Waals surface area contributed by atoms with Gasteiger partial charge < -0.3 is 14.8 Å². The first-order valence-electron chi connectivity index (χ1n) is 5.18. The van der Waals surface area contributed by atoms with Crippen LogP contribution in [0.3, 0.4) is 0 Å². The quantitative estimate of drug-likeness (QED) is 0.846. The molecule has 0 aliphatic carbocycles. The Morgan fingerprint density at radius 2 is 2.26 bits per heavy atom. The van der Waals surface area contributed by atoms with Crippen LogP contribution in [0.15, 0.2) is 23.1 Å². The fourth-order valence-electron chi connectivity index (χ4n) is 1.50. The van der Waals surface area contributed by atoms with Gasteiger partial charge in [-0.25, -0.2) is 17.6 Å². The number of hydrogen-bond donors (Lipinski definition) is 1. The van der Waals surface area contributed by atoms with E-state index in [4.69, 9.17) is 20.2 Å². The number of alkyl carbamates (subject to hydrolysis) is 1. The predicted octanol–water partition coefficient (Wildman–Crippen LogP) is 1.24. The monoisotopic (exact) mass is 309 g/mol. The van der Waals surface area contributed by atoms with Crippen LogP contribution in [0.5, 0.6) is 5.75 Å². The number of carbonyl (C=O) groups excluding carboxylic acids is 1. The van der Waals surface area contributed by atoms with Crippen molar-refractivity contribution in [1.29, 1.82) is 0 Å².